The number of carbonyl (C=O) groups excluding carboxylic acids is 2. The van der Waals surface area contributed by atoms with Crippen molar-refractivity contribution in [3.8, 4) is 5.75 Å². The number of para-hydroxylation sites is 1. The lowest BCUT2D eigenvalue weighted by molar-refractivity contribution is -0.162. The predicted octanol–water partition coefficient (Wildman–Crippen LogP) is 2.99. The molecular weight excluding hydrogens is 382 g/mol. The molecule has 1 saturated heterocycles. The number of esters is 1. The van der Waals surface area contributed by atoms with Crippen molar-refractivity contribution >= 4 is 11.9 Å². The van der Waals surface area contributed by atoms with Crippen LogP contribution in [0.4, 0.5) is 0 Å². The molecular formula is C23H31N3O4. The zero-order valence-electron chi connectivity index (χ0n) is 17.9. The normalized spacial score (nSPS) is 18.8. The van der Waals surface area contributed by atoms with E-state index in [2.05, 4.69) is 5.10 Å². The minimum Gasteiger partial charge on any atom is -0.494 e. The SMILES string of the molecule is CCOC(=O)[C@]1(CCOc2ccccc2)CCCN(C(=O)CCc2cnn(C)c2)C1. The largest absolute Gasteiger partial charge is 0.494 e. The highest BCUT2D eigenvalue weighted by Gasteiger charge is 2.44. The molecule has 0 unspecified atom stereocenters. The number of nitrogens with zero attached hydrogens (tertiary/aromatic N) is 3. The lowest BCUT2D eigenvalue weighted by atomic mass is 9.77. The van der Waals surface area contributed by atoms with Crippen molar-refractivity contribution in [2.45, 2.75) is 39.0 Å². The first-order valence-electron chi connectivity index (χ1n) is 10.6. The first-order valence-corrected chi connectivity index (χ1v) is 10.6. The van der Waals surface area contributed by atoms with Gasteiger partial charge in [-0.3, -0.25) is 14.3 Å². The van der Waals surface area contributed by atoms with Gasteiger partial charge in [-0.1, -0.05) is 18.2 Å². The second kappa shape index (κ2) is 10.3. The number of piperidine rings is 1. The number of hydrogen-bond acceptors (Lipinski definition) is 5. The minimum atomic E-state index is -0.715. The Kier molecular flexibility index (Phi) is 7.49. The van der Waals surface area contributed by atoms with Gasteiger partial charge < -0.3 is 14.4 Å². The Hall–Kier alpha value is -2.83. The smallest absolute Gasteiger partial charge is 0.314 e. The van der Waals surface area contributed by atoms with Crippen molar-refractivity contribution in [2.24, 2.45) is 12.5 Å². The maximum absolute atomic E-state index is 12.9. The number of hydrogen-bond donors (Lipinski definition) is 0. The van der Waals surface area contributed by atoms with E-state index in [1.807, 2.05) is 55.4 Å². The highest BCUT2D eigenvalue weighted by Crippen LogP contribution is 2.35. The van der Waals surface area contributed by atoms with Crippen molar-refractivity contribution in [3.63, 3.8) is 0 Å². The second-order valence-electron chi connectivity index (χ2n) is 7.85. The maximum atomic E-state index is 12.9. The van der Waals surface area contributed by atoms with Crippen molar-refractivity contribution in [1.29, 1.82) is 0 Å². The third kappa shape index (κ3) is 5.62. The molecule has 7 nitrogen and oxygen atoms in total. The molecule has 0 N–H and O–H groups in total. The molecule has 3 rings (SSSR count). The lowest BCUT2D eigenvalue weighted by Crippen LogP contribution is -2.51. The molecule has 30 heavy (non-hydrogen) atoms. The van der Waals surface area contributed by atoms with Crippen LogP contribution >= 0.6 is 0 Å². The van der Waals surface area contributed by atoms with E-state index < -0.39 is 5.41 Å². The van der Waals surface area contributed by atoms with Gasteiger partial charge in [0.05, 0.1) is 24.8 Å². The molecule has 0 radical (unpaired) electrons. The summed E-state index contributed by atoms with van der Waals surface area (Å²) in [5.74, 6) is 0.611. The average Bonchev–Trinajstić information content (AvgIpc) is 3.18. The summed E-state index contributed by atoms with van der Waals surface area (Å²) in [4.78, 5) is 27.6. The molecule has 1 aromatic heterocycles. The fraction of sp³-hybridized carbons (Fsp3) is 0.522. The monoisotopic (exact) mass is 413 g/mol. The van der Waals surface area contributed by atoms with Crippen molar-refractivity contribution < 1.29 is 19.1 Å². The van der Waals surface area contributed by atoms with Gasteiger partial charge in [0, 0.05) is 32.8 Å². The Morgan fingerprint density at radius 2 is 2.03 bits per heavy atom. The van der Waals surface area contributed by atoms with Crippen LogP contribution in [0.2, 0.25) is 0 Å². The number of carbonyl (C=O) groups is 2. The fourth-order valence-corrected chi connectivity index (χ4v) is 3.99. The topological polar surface area (TPSA) is 73.7 Å². The molecule has 2 aromatic rings. The highest BCUT2D eigenvalue weighted by atomic mass is 16.5. The Morgan fingerprint density at radius 1 is 1.23 bits per heavy atom. The van der Waals surface area contributed by atoms with Crippen LogP contribution in [0.1, 0.15) is 38.2 Å². The minimum absolute atomic E-state index is 0.0659. The summed E-state index contributed by atoms with van der Waals surface area (Å²) in [7, 11) is 1.86. The third-order valence-corrected chi connectivity index (χ3v) is 5.62. The molecule has 0 saturated carbocycles. The van der Waals surface area contributed by atoms with E-state index in [1.165, 1.54) is 0 Å². The molecule has 0 aliphatic carbocycles. The van der Waals surface area contributed by atoms with Crippen LogP contribution in [0, 0.1) is 5.41 Å². The van der Waals surface area contributed by atoms with Gasteiger partial charge in [-0.2, -0.15) is 5.10 Å². The number of rotatable bonds is 9. The van der Waals surface area contributed by atoms with Crippen LogP contribution in [0.15, 0.2) is 42.7 Å². The first kappa shape index (κ1) is 21.9. The summed E-state index contributed by atoms with van der Waals surface area (Å²) < 4.78 is 13.0. The number of aromatic nitrogens is 2. The highest BCUT2D eigenvalue weighted by molar-refractivity contribution is 5.81. The van der Waals surface area contributed by atoms with Crippen LogP contribution in [0.5, 0.6) is 5.75 Å². The van der Waals surface area contributed by atoms with Gasteiger partial charge in [0.25, 0.3) is 0 Å². The van der Waals surface area contributed by atoms with E-state index in [1.54, 1.807) is 10.9 Å². The van der Waals surface area contributed by atoms with Crippen molar-refractivity contribution in [1.82, 2.24) is 14.7 Å². The van der Waals surface area contributed by atoms with E-state index in [-0.39, 0.29) is 11.9 Å². The van der Waals surface area contributed by atoms with Crippen LogP contribution in [0.25, 0.3) is 0 Å². The maximum Gasteiger partial charge on any atom is 0.314 e. The number of ether oxygens (including phenoxy) is 2. The summed E-state index contributed by atoms with van der Waals surface area (Å²) >= 11 is 0. The molecule has 1 amide bonds. The van der Waals surface area contributed by atoms with Crippen LogP contribution in [-0.4, -0.2) is 52.9 Å². The Bertz CT molecular complexity index is 836. The summed E-state index contributed by atoms with van der Waals surface area (Å²) in [6.07, 6.45) is 6.77. The van der Waals surface area contributed by atoms with E-state index >= 15 is 0 Å². The number of amides is 1. The van der Waals surface area contributed by atoms with E-state index in [0.29, 0.717) is 52.0 Å². The lowest BCUT2D eigenvalue weighted by Gasteiger charge is -2.41. The summed E-state index contributed by atoms with van der Waals surface area (Å²) in [5.41, 5.74) is 0.322. The fourth-order valence-electron chi connectivity index (χ4n) is 3.99. The van der Waals surface area contributed by atoms with Gasteiger partial charge in [-0.15, -0.1) is 0 Å². The standard InChI is InChI=1S/C23H31N3O4/c1-3-29-22(28)23(13-15-30-20-8-5-4-6-9-20)12-7-14-26(18-23)21(27)11-10-19-16-24-25(2)17-19/h4-6,8-9,16-17H,3,7,10-15,18H2,1-2H3/t23-/m0/s1. The molecule has 1 fully saturated rings. The molecule has 1 atom stereocenters. The first-order chi connectivity index (χ1) is 14.5. The second-order valence-corrected chi connectivity index (χ2v) is 7.85. The van der Waals surface area contributed by atoms with Crippen LogP contribution in [-0.2, 0) is 27.8 Å². The van der Waals surface area contributed by atoms with Crippen molar-refractivity contribution in [2.75, 3.05) is 26.3 Å². The Morgan fingerprint density at radius 3 is 2.73 bits per heavy atom. The summed E-state index contributed by atoms with van der Waals surface area (Å²) in [6, 6.07) is 9.56. The average molecular weight is 414 g/mol. The van der Waals surface area contributed by atoms with Crippen molar-refractivity contribution in [3.05, 3.63) is 48.3 Å². The van der Waals surface area contributed by atoms with Gasteiger partial charge in [0.1, 0.15) is 5.75 Å². The quantitative estimate of drug-likeness (QED) is 0.591. The zero-order valence-corrected chi connectivity index (χ0v) is 17.9. The Labute approximate surface area is 178 Å². The zero-order chi connectivity index (χ0) is 21.4. The number of benzene rings is 1. The molecule has 2 heterocycles. The van der Waals surface area contributed by atoms with Gasteiger partial charge in [-0.25, -0.2) is 0 Å². The molecule has 162 valence electrons. The molecule has 0 bridgehead atoms. The van der Waals surface area contributed by atoms with Gasteiger partial charge in [0.15, 0.2) is 0 Å². The number of likely N-dealkylation sites (tertiary alicyclic amines) is 1. The summed E-state index contributed by atoms with van der Waals surface area (Å²) in [6.45, 7) is 3.60. The summed E-state index contributed by atoms with van der Waals surface area (Å²) in [5, 5.41) is 4.15. The molecule has 0 spiro atoms. The van der Waals surface area contributed by atoms with E-state index in [0.717, 1.165) is 17.7 Å². The van der Waals surface area contributed by atoms with E-state index in [4.69, 9.17) is 9.47 Å². The molecule has 7 heteroatoms. The van der Waals surface area contributed by atoms with Gasteiger partial charge in [0.2, 0.25) is 5.91 Å². The van der Waals surface area contributed by atoms with Crippen LogP contribution < -0.4 is 4.74 Å². The molecule has 1 aliphatic heterocycles. The number of aryl methyl sites for hydroxylation is 2. The van der Waals surface area contributed by atoms with Gasteiger partial charge >= 0.3 is 5.97 Å². The Balaban J connectivity index is 1.62. The molecule has 1 aliphatic rings. The predicted molar refractivity (Wildman–Crippen MR) is 113 cm³/mol. The molecule has 1 aromatic carbocycles. The van der Waals surface area contributed by atoms with Crippen LogP contribution in [0.3, 0.4) is 0 Å². The van der Waals surface area contributed by atoms with Gasteiger partial charge in [-0.05, 0) is 50.3 Å². The van der Waals surface area contributed by atoms with E-state index in [9.17, 15) is 9.59 Å². The third-order valence-electron chi connectivity index (χ3n) is 5.62.